The van der Waals surface area contributed by atoms with Crippen molar-refractivity contribution in [2.24, 2.45) is 0 Å². The lowest BCUT2D eigenvalue weighted by molar-refractivity contribution is 0.0937. The summed E-state index contributed by atoms with van der Waals surface area (Å²) in [5, 5.41) is 0. The van der Waals surface area contributed by atoms with E-state index in [0.717, 1.165) is 37.4 Å². The highest BCUT2D eigenvalue weighted by Gasteiger charge is 2.09. The highest BCUT2D eigenvalue weighted by atomic mass is 16.5. The second-order valence-corrected chi connectivity index (χ2v) is 4.96. The number of benzene rings is 1. The Balaban J connectivity index is 2.46. The molecule has 0 aliphatic rings. The summed E-state index contributed by atoms with van der Waals surface area (Å²) < 4.78 is 5.64. The van der Waals surface area contributed by atoms with Crippen LogP contribution in [0.15, 0.2) is 24.3 Å². The van der Waals surface area contributed by atoms with E-state index in [1.54, 1.807) is 0 Å². The summed E-state index contributed by atoms with van der Waals surface area (Å²) in [6, 6.07) is 7.50. The molecule has 1 aromatic carbocycles. The zero-order valence-electron chi connectivity index (χ0n) is 13.0. The van der Waals surface area contributed by atoms with Gasteiger partial charge in [-0.2, -0.15) is 0 Å². The first-order valence-corrected chi connectivity index (χ1v) is 7.69. The van der Waals surface area contributed by atoms with Crippen LogP contribution in [-0.2, 0) is 0 Å². The normalized spacial score (nSPS) is 10.8. The average molecular weight is 277 g/mol. The second-order valence-electron chi connectivity index (χ2n) is 4.96. The monoisotopic (exact) mass is 277 g/mol. The molecule has 0 aliphatic carbocycles. The molecule has 1 aromatic rings. The molecule has 0 spiro atoms. The Hall–Kier alpha value is -1.35. The van der Waals surface area contributed by atoms with Gasteiger partial charge >= 0.3 is 0 Å². The minimum Gasteiger partial charge on any atom is -0.494 e. The third-order valence-corrected chi connectivity index (χ3v) is 3.45. The van der Waals surface area contributed by atoms with Gasteiger partial charge in [0.2, 0.25) is 0 Å². The maximum absolute atomic E-state index is 12.1. The van der Waals surface area contributed by atoms with Crippen LogP contribution in [0, 0.1) is 0 Å². The van der Waals surface area contributed by atoms with Crippen LogP contribution >= 0.6 is 0 Å². The van der Waals surface area contributed by atoms with Gasteiger partial charge < -0.3 is 4.74 Å². The molecule has 3 heteroatoms. The van der Waals surface area contributed by atoms with Crippen molar-refractivity contribution in [3.8, 4) is 5.75 Å². The van der Waals surface area contributed by atoms with E-state index in [-0.39, 0.29) is 5.78 Å². The molecule has 0 atom stereocenters. The Morgan fingerprint density at radius 3 is 2.25 bits per heavy atom. The number of carbonyl (C=O) groups excluding carboxylic acids is 1. The smallest absolute Gasteiger partial charge is 0.176 e. The lowest BCUT2D eigenvalue weighted by atomic mass is 10.1. The molecule has 0 aliphatic heterocycles. The predicted octanol–water partition coefficient (Wildman–Crippen LogP) is 3.78. The van der Waals surface area contributed by atoms with Crippen molar-refractivity contribution in [3.05, 3.63) is 29.8 Å². The van der Waals surface area contributed by atoms with Crippen molar-refractivity contribution in [1.82, 2.24) is 4.90 Å². The summed E-state index contributed by atoms with van der Waals surface area (Å²) in [6.45, 7) is 9.37. The molecule has 1 rings (SSSR count). The molecule has 0 saturated heterocycles. The van der Waals surface area contributed by atoms with Crippen molar-refractivity contribution in [1.29, 1.82) is 0 Å². The first-order valence-electron chi connectivity index (χ1n) is 7.69. The summed E-state index contributed by atoms with van der Waals surface area (Å²) >= 11 is 0. The summed E-state index contributed by atoms with van der Waals surface area (Å²) in [6.07, 6.45) is 3.47. The van der Waals surface area contributed by atoms with Crippen molar-refractivity contribution >= 4 is 5.78 Å². The van der Waals surface area contributed by atoms with Gasteiger partial charge in [0.1, 0.15) is 5.75 Å². The summed E-state index contributed by atoms with van der Waals surface area (Å²) in [4.78, 5) is 14.2. The third kappa shape index (κ3) is 5.74. The number of Topliss-reactive ketones (excluding diaryl/α,β-unsaturated/α-hetero) is 1. The fourth-order valence-corrected chi connectivity index (χ4v) is 2.02. The zero-order valence-corrected chi connectivity index (χ0v) is 13.0. The van der Waals surface area contributed by atoms with E-state index < -0.39 is 0 Å². The van der Waals surface area contributed by atoms with Gasteiger partial charge in [-0.1, -0.05) is 33.6 Å². The van der Waals surface area contributed by atoms with Crippen LogP contribution in [-0.4, -0.2) is 36.9 Å². The molecule has 0 amide bonds. The fourth-order valence-electron chi connectivity index (χ4n) is 2.02. The van der Waals surface area contributed by atoms with Gasteiger partial charge in [0.05, 0.1) is 13.2 Å². The van der Waals surface area contributed by atoms with E-state index in [1.807, 2.05) is 24.3 Å². The van der Waals surface area contributed by atoms with Crippen LogP contribution in [0.1, 0.15) is 50.4 Å². The molecular weight excluding hydrogens is 250 g/mol. The number of nitrogens with zero attached hydrogens (tertiary/aromatic N) is 1. The predicted molar refractivity (Wildman–Crippen MR) is 83.6 cm³/mol. The molecule has 3 nitrogen and oxygen atoms in total. The van der Waals surface area contributed by atoms with Crippen molar-refractivity contribution in [2.75, 3.05) is 26.2 Å². The highest BCUT2D eigenvalue weighted by molar-refractivity contribution is 5.97. The Morgan fingerprint density at radius 1 is 1.05 bits per heavy atom. The number of hydrogen-bond acceptors (Lipinski definition) is 3. The Labute approximate surface area is 122 Å². The van der Waals surface area contributed by atoms with Gasteiger partial charge in [-0.05, 0) is 43.8 Å². The lowest BCUT2D eigenvalue weighted by Gasteiger charge is -2.16. The minimum atomic E-state index is 0.172. The first-order chi connectivity index (χ1) is 9.71. The molecule has 112 valence electrons. The first kappa shape index (κ1) is 16.7. The number of likely N-dealkylation sites (N-methyl/N-ethyl adjacent to an activating group) is 1. The van der Waals surface area contributed by atoms with E-state index in [4.69, 9.17) is 4.74 Å². The van der Waals surface area contributed by atoms with E-state index in [9.17, 15) is 4.79 Å². The van der Waals surface area contributed by atoms with Crippen LogP contribution in [0.25, 0.3) is 0 Å². The summed E-state index contributed by atoms with van der Waals surface area (Å²) in [5.74, 6) is 1.02. The number of unbranched alkanes of at least 4 members (excludes halogenated alkanes) is 2. The molecular formula is C17H27NO2. The molecule has 0 radical (unpaired) electrons. The minimum absolute atomic E-state index is 0.172. The van der Waals surface area contributed by atoms with E-state index in [2.05, 4.69) is 25.7 Å². The molecule has 0 saturated carbocycles. The Bertz CT molecular complexity index is 382. The van der Waals surface area contributed by atoms with Gasteiger partial charge in [-0.15, -0.1) is 0 Å². The van der Waals surface area contributed by atoms with E-state index in [1.165, 1.54) is 12.8 Å². The maximum atomic E-state index is 12.1. The van der Waals surface area contributed by atoms with Crippen molar-refractivity contribution in [2.45, 2.75) is 40.0 Å². The lowest BCUT2D eigenvalue weighted by Crippen LogP contribution is -2.29. The number of carbonyl (C=O) groups is 1. The van der Waals surface area contributed by atoms with Crippen molar-refractivity contribution < 1.29 is 9.53 Å². The van der Waals surface area contributed by atoms with E-state index >= 15 is 0 Å². The summed E-state index contributed by atoms with van der Waals surface area (Å²) in [5.41, 5.74) is 0.762. The molecule has 0 N–H and O–H groups in total. The number of ether oxygens (including phenoxy) is 1. The average Bonchev–Trinajstić information content (AvgIpc) is 2.49. The SMILES string of the molecule is CCCCCOc1ccc(C(=O)CN(CC)CC)cc1. The molecule has 0 aromatic heterocycles. The molecule has 0 bridgehead atoms. The number of hydrogen-bond donors (Lipinski definition) is 0. The standard InChI is InChI=1S/C17H27NO2/c1-4-7-8-13-20-16-11-9-15(10-12-16)17(19)14-18(5-2)6-3/h9-12H,4-8,13-14H2,1-3H3. The van der Waals surface area contributed by atoms with Gasteiger partial charge in [-0.3, -0.25) is 9.69 Å². The fraction of sp³-hybridized carbons (Fsp3) is 0.588. The van der Waals surface area contributed by atoms with Crippen LogP contribution in [0.2, 0.25) is 0 Å². The van der Waals surface area contributed by atoms with Gasteiger partial charge in [-0.25, -0.2) is 0 Å². The van der Waals surface area contributed by atoms with Crippen molar-refractivity contribution in [3.63, 3.8) is 0 Å². The van der Waals surface area contributed by atoms with Gasteiger partial charge in [0.25, 0.3) is 0 Å². The molecule has 0 fully saturated rings. The van der Waals surface area contributed by atoms with Crippen LogP contribution in [0.5, 0.6) is 5.75 Å². The molecule has 0 heterocycles. The van der Waals surface area contributed by atoms with Crippen LogP contribution < -0.4 is 4.74 Å². The quantitative estimate of drug-likeness (QED) is 0.481. The maximum Gasteiger partial charge on any atom is 0.176 e. The summed E-state index contributed by atoms with van der Waals surface area (Å²) in [7, 11) is 0. The zero-order chi connectivity index (χ0) is 14.8. The molecule has 20 heavy (non-hydrogen) atoms. The number of rotatable bonds is 10. The van der Waals surface area contributed by atoms with Crippen LogP contribution in [0.4, 0.5) is 0 Å². The van der Waals surface area contributed by atoms with Gasteiger partial charge in [0, 0.05) is 5.56 Å². The largest absolute Gasteiger partial charge is 0.494 e. The second kappa shape index (κ2) is 9.54. The van der Waals surface area contributed by atoms with Crippen LogP contribution in [0.3, 0.4) is 0 Å². The topological polar surface area (TPSA) is 29.5 Å². The third-order valence-electron chi connectivity index (χ3n) is 3.45. The van der Waals surface area contributed by atoms with Gasteiger partial charge in [0.15, 0.2) is 5.78 Å². The van der Waals surface area contributed by atoms with E-state index in [0.29, 0.717) is 6.54 Å². The highest BCUT2D eigenvalue weighted by Crippen LogP contribution is 2.13. The number of ketones is 1. The Morgan fingerprint density at radius 2 is 1.70 bits per heavy atom. The Kier molecular flexibility index (Phi) is 7.97. The molecule has 0 unspecified atom stereocenters.